The van der Waals surface area contributed by atoms with Crippen LogP contribution in [0.5, 0.6) is 0 Å². The summed E-state index contributed by atoms with van der Waals surface area (Å²) in [5, 5.41) is 4.67. The molecule has 0 fully saturated rings. The van der Waals surface area contributed by atoms with Gasteiger partial charge in [-0.1, -0.05) is 18.2 Å². The SMILES string of the molecule is NCc1ccccc1NC(=O)c1csc(Br)c1. The summed E-state index contributed by atoms with van der Waals surface area (Å²) in [4.78, 5) is 11.9. The molecule has 17 heavy (non-hydrogen) atoms. The van der Waals surface area contributed by atoms with Crippen LogP contribution in [0.4, 0.5) is 5.69 Å². The molecule has 0 spiro atoms. The van der Waals surface area contributed by atoms with Gasteiger partial charge < -0.3 is 11.1 Å². The van der Waals surface area contributed by atoms with Gasteiger partial charge in [0.2, 0.25) is 0 Å². The highest BCUT2D eigenvalue weighted by molar-refractivity contribution is 9.11. The average molecular weight is 311 g/mol. The van der Waals surface area contributed by atoms with Crippen LogP contribution in [0, 0.1) is 0 Å². The van der Waals surface area contributed by atoms with E-state index in [1.807, 2.05) is 29.6 Å². The molecule has 88 valence electrons. The molecule has 1 amide bonds. The van der Waals surface area contributed by atoms with E-state index < -0.39 is 0 Å². The molecular weight excluding hydrogens is 300 g/mol. The Morgan fingerprint density at radius 3 is 2.82 bits per heavy atom. The summed E-state index contributed by atoms with van der Waals surface area (Å²) < 4.78 is 0.940. The Balaban J connectivity index is 2.18. The Labute approximate surface area is 112 Å². The molecule has 0 aliphatic carbocycles. The van der Waals surface area contributed by atoms with Crippen molar-refractivity contribution < 1.29 is 4.79 Å². The van der Waals surface area contributed by atoms with E-state index in [1.165, 1.54) is 11.3 Å². The van der Waals surface area contributed by atoms with Crippen LogP contribution < -0.4 is 11.1 Å². The number of anilines is 1. The fourth-order valence-electron chi connectivity index (χ4n) is 1.44. The highest BCUT2D eigenvalue weighted by Gasteiger charge is 2.09. The van der Waals surface area contributed by atoms with Gasteiger partial charge in [-0.15, -0.1) is 11.3 Å². The number of carbonyl (C=O) groups excluding carboxylic acids is 1. The minimum Gasteiger partial charge on any atom is -0.326 e. The summed E-state index contributed by atoms with van der Waals surface area (Å²) in [5.74, 6) is -0.118. The second-order valence-electron chi connectivity index (χ2n) is 3.45. The fraction of sp³-hybridized carbons (Fsp3) is 0.0833. The highest BCUT2D eigenvalue weighted by atomic mass is 79.9. The first kappa shape index (κ1) is 12.3. The molecule has 0 bridgehead atoms. The Hall–Kier alpha value is -1.17. The zero-order valence-corrected chi connectivity index (χ0v) is 11.3. The average Bonchev–Trinajstić information content (AvgIpc) is 2.77. The second kappa shape index (κ2) is 5.44. The molecule has 0 radical (unpaired) electrons. The lowest BCUT2D eigenvalue weighted by Gasteiger charge is -2.08. The van der Waals surface area contributed by atoms with Gasteiger partial charge in [0.15, 0.2) is 0 Å². The van der Waals surface area contributed by atoms with Crippen LogP contribution in [0.3, 0.4) is 0 Å². The summed E-state index contributed by atoms with van der Waals surface area (Å²) in [7, 11) is 0. The van der Waals surface area contributed by atoms with Crippen molar-refractivity contribution in [2.45, 2.75) is 6.54 Å². The summed E-state index contributed by atoms with van der Waals surface area (Å²) >= 11 is 4.82. The molecule has 1 heterocycles. The molecular formula is C12H11BrN2OS. The minimum absolute atomic E-state index is 0.118. The van der Waals surface area contributed by atoms with E-state index in [0.717, 1.165) is 15.0 Å². The summed E-state index contributed by atoms with van der Waals surface area (Å²) in [6.45, 7) is 0.407. The van der Waals surface area contributed by atoms with Crippen LogP contribution in [-0.2, 0) is 6.54 Å². The van der Waals surface area contributed by atoms with E-state index in [4.69, 9.17) is 5.73 Å². The molecule has 5 heteroatoms. The van der Waals surface area contributed by atoms with Crippen LogP contribution in [0.15, 0.2) is 39.5 Å². The Bertz CT molecular complexity index is 539. The maximum Gasteiger partial charge on any atom is 0.256 e. The van der Waals surface area contributed by atoms with Crippen LogP contribution in [0.1, 0.15) is 15.9 Å². The number of halogens is 1. The molecule has 0 unspecified atom stereocenters. The van der Waals surface area contributed by atoms with Crippen molar-refractivity contribution in [1.82, 2.24) is 0 Å². The zero-order chi connectivity index (χ0) is 12.3. The van der Waals surface area contributed by atoms with Gasteiger partial charge in [-0.2, -0.15) is 0 Å². The lowest BCUT2D eigenvalue weighted by Crippen LogP contribution is -2.13. The largest absolute Gasteiger partial charge is 0.326 e. The lowest BCUT2D eigenvalue weighted by molar-refractivity contribution is 0.102. The predicted octanol–water partition coefficient (Wildman–Crippen LogP) is 3.22. The third kappa shape index (κ3) is 2.94. The summed E-state index contributed by atoms with van der Waals surface area (Å²) in [6, 6.07) is 9.32. The molecule has 1 aromatic heterocycles. The minimum atomic E-state index is -0.118. The summed E-state index contributed by atoms with van der Waals surface area (Å²) in [6.07, 6.45) is 0. The number of amides is 1. The number of hydrogen-bond acceptors (Lipinski definition) is 3. The Morgan fingerprint density at radius 1 is 1.41 bits per heavy atom. The Kier molecular flexibility index (Phi) is 3.93. The Morgan fingerprint density at radius 2 is 2.18 bits per heavy atom. The topological polar surface area (TPSA) is 55.1 Å². The second-order valence-corrected chi connectivity index (χ2v) is 5.75. The third-order valence-electron chi connectivity index (χ3n) is 2.32. The van der Waals surface area contributed by atoms with E-state index in [1.54, 1.807) is 6.07 Å². The molecule has 1 aromatic carbocycles. The van der Waals surface area contributed by atoms with Crippen LogP contribution in [0.25, 0.3) is 0 Å². The van der Waals surface area contributed by atoms with Gasteiger partial charge >= 0.3 is 0 Å². The van der Waals surface area contributed by atoms with Gasteiger partial charge in [0.1, 0.15) is 0 Å². The molecule has 0 aliphatic rings. The van der Waals surface area contributed by atoms with Crippen molar-refractivity contribution >= 4 is 38.9 Å². The summed E-state index contributed by atoms with van der Waals surface area (Å²) in [5.41, 5.74) is 7.95. The first-order valence-corrected chi connectivity index (χ1v) is 6.71. The number of nitrogens with two attached hydrogens (primary N) is 1. The van der Waals surface area contributed by atoms with Crippen molar-refractivity contribution in [2.24, 2.45) is 5.73 Å². The first-order chi connectivity index (χ1) is 8.20. The molecule has 2 aromatic rings. The van der Waals surface area contributed by atoms with E-state index in [0.29, 0.717) is 12.1 Å². The van der Waals surface area contributed by atoms with Gasteiger partial charge in [-0.25, -0.2) is 0 Å². The van der Waals surface area contributed by atoms with Crippen molar-refractivity contribution in [2.75, 3.05) is 5.32 Å². The van der Waals surface area contributed by atoms with Crippen LogP contribution in [-0.4, -0.2) is 5.91 Å². The normalized spacial score (nSPS) is 10.2. The molecule has 0 saturated carbocycles. The molecule has 3 nitrogen and oxygen atoms in total. The maximum atomic E-state index is 11.9. The van der Waals surface area contributed by atoms with Gasteiger partial charge in [-0.05, 0) is 33.6 Å². The van der Waals surface area contributed by atoms with E-state index in [9.17, 15) is 4.79 Å². The number of hydrogen-bond donors (Lipinski definition) is 2. The maximum absolute atomic E-state index is 11.9. The number of thiophene rings is 1. The fourth-order valence-corrected chi connectivity index (χ4v) is 2.58. The van der Waals surface area contributed by atoms with Crippen molar-refractivity contribution in [3.8, 4) is 0 Å². The molecule has 0 atom stereocenters. The highest BCUT2D eigenvalue weighted by Crippen LogP contribution is 2.22. The van der Waals surface area contributed by atoms with E-state index in [2.05, 4.69) is 21.2 Å². The molecule has 2 rings (SSSR count). The van der Waals surface area contributed by atoms with Crippen molar-refractivity contribution in [3.63, 3.8) is 0 Å². The van der Waals surface area contributed by atoms with Gasteiger partial charge in [0, 0.05) is 17.6 Å². The van der Waals surface area contributed by atoms with Crippen LogP contribution in [0.2, 0.25) is 0 Å². The predicted molar refractivity (Wildman–Crippen MR) is 74.3 cm³/mol. The molecule has 3 N–H and O–H groups in total. The van der Waals surface area contributed by atoms with Crippen molar-refractivity contribution in [3.05, 3.63) is 50.6 Å². The number of para-hydroxylation sites is 1. The monoisotopic (exact) mass is 310 g/mol. The third-order valence-corrected chi connectivity index (χ3v) is 3.82. The molecule has 0 saturated heterocycles. The van der Waals surface area contributed by atoms with E-state index >= 15 is 0 Å². The van der Waals surface area contributed by atoms with E-state index in [-0.39, 0.29) is 5.91 Å². The number of benzene rings is 1. The van der Waals surface area contributed by atoms with Gasteiger partial charge in [0.25, 0.3) is 5.91 Å². The van der Waals surface area contributed by atoms with Crippen molar-refractivity contribution in [1.29, 1.82) is 0 Å². The smallest absolute Gasteiger partial charge is 0.256 e. The standard InChI is InChI=1S/C12H11BrN2OS/c13-11-5-9(7-17-11)12(16)15-10-4-2-1-3-8(10)6-14/h1-5,7H,6,14H2,(H,15,16). The lowest BCUT2D eigenvalue weighted by atomic mass is 10.1. The van der Waals surface area contributed by atoms with Gasteiger partial charge in [-0.3, -0.25) is 4.79 Å². The number of nitrogens with one attached hydrogen (secondary N) is 1. The molecule has 0 aliphatic heterocycles. The number of carbonyl (C=O) groups is 1. The van der Waals surface area contributed by atoms with Gasteiger partial charge in [0.05, 0.1) is 9.35 Å². The van der Waals surface area contributed by atoms with Crippen LogP contribution >= 0.6 is 27.3 Å². The quantitative estimate of drug-likeness (QED) is 0.914. The first-order valence-electron chi connectivity index (χ1n) is 5.04. The number of rotatable bonds is 3. The zero-order valence-electron chi connectivity index (χ0n) is 8.94.